The van der Waals surface area contributed by atoms with E-state index in [-0.39, 0.29) is 27.9 Å². The predicted molar refractivity (Wildman–Crippen MR) is 160 cm³/mol. The third kappa shape index (κ3) is 3.52. The van der Waals surface area contributed by atoms with Gasteiger partial charge in [0.25, 0.3) is 0 Å². The first-order chi connectivity index (χ1) is 19.8. The summed E-state index contributed by atoms with van der Waals surface area (Å²) in [7, 11) is 3.71. The van der Waals surface area contributed by atoms with Gasteiger partial charge >= 0.3 is 0 Å². The van der Waals surface area contributed by atoms with Crippen LogP contribution in [0, 0.1) is 17.3 Å². The normalized spacial score (nSPS) is 36.7. The molecular formula is C36H47NO4. The van der Waals surface area contributed by atoms with E-state index in [0.29, 0.717) is 25.2 Å². The minimum Gasteiger partial charge on any atom is -0.493 e. The number of methoxy groups -OCH3 is 2. The predicted octanol–water partition coefficient (Wildman–Crippen LogP) is 6.43. The zero-order valence-corrected chi connectivity index (χ0v) is 25.6. The number of nitrogens with zero attached hydrogens (tertiary/aromatic N) is 1. The quantitative estimate of drug-likeness (QED) is 0.374. The first kappa shape index (κ1) is 26.5. The summed E-state index contributed by atoms with van der Waals surface area (Å²) in [6.07, 6.45) is 8.54. The van der Waals surface area contributed by atoms with Gasteiger partial charge in [0.15, 0.2) is 11.5 Å². The monoisotopic (exact) mass is 557 g/mol. The van der Waals surface area contributed by atoms with Crippen molar-refractivity contribution in [2.75, 3.05) is 33.9 Å². The van der Waals surface area contributed by atoms with Crippen LogP contribution in [0.3, 0.4) is 0 Å². The molecule has 2 spiro atoms. The zero-order chi connectivity index (χ0) is 28.2. The molecule has 7 aliphatic rings. The van der Waals surface area contributed by atoms with Gasteiger partial charge in [0.05, 0.1) is 20.3 Å². The van der Waals surface area contributed by atoms with E-state index in [1.807, 2.05) is 7.11 Å². The van der Waals surface area contributed by atoms with Gasteiger partial charge in [0, 0.05) is 42.0 Å². The van der Waals surface area contributed by atoms with Gasteiger partial charge in [-0.2, -0.15) is 0 Å². The van der Waals surface area contributed by atoms with Gasteiger partial charge in [0.2, 0.25) is 0 Å². The van der Waals surface area contributed by atoms with Crippen molar-refractivity contribution in [3.05, 3.63) is 58.7 Å². The highest BCUT2D eigenvalue weighted by Gasteiger charge is 2.80. The summed E-state index contributed by atoms with van der Waals surface area (Å²) >= 11 is 0. The van der Waals surface area contributed by atoms with Crippen molar-refractivity contribution in [3.8, 4) is 11.5 Å². The largest absolute Gasteiger partial charge is 0.493 e. The Kier molecular flexibility index (Phi) is 5.80. The van der Waals surface area contributed by atoms with E-state index in [0.717, 1.165) is 43.1 Å². The fourth-order valence-corrected chi connectivity index (χ4v) is 10.3. The van der Waals surface area contributed by atoms with Gasteiger partial charge in [-0.05, 0) is 85.6 Å². The molecule has 2 heterocycles. The lowest BCUT2D eigenvalue weighted by Gasteiger charge is -2.74. The molecule has 41 heavy (non-hydrogen) atoms. The van der Waals surface area contributed by atoms with E-state index in [1.165, 1.54) is 54.6 Å². The van der Waals surface area contributed by atoms with E-state index >= 15 is 0 Å². The molecule has 5 heteroatoms. The average molecular weight is 558 g/mol. The highest BCUT2D eigenvalue weighted by Crippen LogP contribution is 2.76. The molecule has 2 aromatic rings. The summed E-state index contributed by atoms with van der Waals surface area (Å²) in [4.78, 5) is 2.91. The van der Waals surface area contributed by atoms with Crippen LogP contribution in [0.5, 0.6) is 11.5 Å². The van der Waals surface area contributed by atoms with E-state index in [2.05, 4.69) is 62.1 Å². The van der Waals surface area contributed by atoms with Gasteiger partial charge in [-0.1, -0.05) is 51.1 Å². The number of ether oxygens (including phenoxy) is 4. The molecule has 5 aliphatic carbocycles. The number of fused-ring (bicyclic) bond motifs is 2. The molecule has 2 aromatic carbocycles. The number of rotatable bonds is 8. The molecular weight excluding hydrogens is 510 g/mol. The van der Waals surface area contributed by atoms with Gasteiger partial charge in [-0.25, -0.2) is 0 Å². The van der Waals surface area contributed by atoms with Gasteiger partial charge in [0.1, 0.15) is 11.7 Å². The lowest BCUT2D eigenvalue weighted by atomic mass is 9.35. The number of benzene rings is 2. The van der Waals surface area contributed by atoms with Crippen molar-refractivity contribution in [2.24, 2.45) is 17.3 Å². The Morgan fingerprint density at radius 2 is 1.80 bits per heavy atom. The molecule has 0 aromatic heterocycles. The zero-order valence-electron chi connectivity index (χ0n) is 25.6. The van der Waals surface area contributed by atoms with Crippen molar-refractivity contribution in [2.45, 2.75) is 101 Å². The Balaban J connectivity index is 1.14. The van der Waals surface area contributed by atoms with Gasteiger partial charge < -0.3 is 18.9 Å². The Labute approximate surface area is 245 Å². The SMILES string of the molecule is COc1ccc2c3c1O[C@@H]1C34CCN(CC3CC3)[C@H](C2)C42CC[C@@]1(OC)[C@@H](COCc1ccc(C(C)(C)C)cc1)C2. The molecule has 4 saturated carbocycles. The Hall–Kier alpha value is -2.08. The Morgan fingerprint density at radius 1 is 1.00 bits per heavy atom. The van der Waals surface area contributed by atoms with Crippen LogP contribution in [0.4, 0.5) is 0 Å². The fourth-order valence-electron chi connectivity index (χ4n) is 10.3. The van der Waals surface area contributed by atoms with Crippen molar-refractivity contribution in [3.63, 3.8) is 0 Å². The van der Waals surface area contributed by atoms with Crippen molar-refractivity contribution in [1.29, 1.82) is 0 Å². The van der Waals surface area contributed by atoms with Crippen LogP contribution in [0.2, 0.25) is 0 Å². The number of piperidine rings is 1. The van der Waals surface area contributed by atoms with Crippen LogP contribution in [-0.2, 0) is 33.3 Å². The standard InChI is InChI=1S/C36H47NO4/c1-33(2,3)26-11-8-24(9-12-26)21-40-22-27-19-34-14-15-36(27,39-5)32-35(34)16-17-37(20-23-6-7-23)29(34)18-25-10-13-28(38-4)31(41-32)30(25)35/h8-13,23,27,29,32H,6-7,14-22H2,1-5H3/t27-,29-,32-,34?,35?,36-/m1/s1. The molecule has 0 radical (unpaired) electrons. The lowest BCUT2D eigenvalue weighted by Crippen LogP contribution is -2.81. The Bertz CT molecular complexity index is 1340. The molecule has 2 unspecified atom stereocenters. The molecule has 0 N–H and O–H groups in total. The van der Waals surface area contributed by atoms with Crippen molar-refractivity contribution < 1.29 is 18.9 Å². The smallest absolute Gasteiger partial charge is 0.165 e. The average Bonchev–Trinajstić information content (AvgIpc) is 3.71. The van der Waals surface area contributed by atoms with Crippen LogP contribution < -0.4 is 9.47 Å². The van der Waals surface area contributed by atoms with Crippen LogP contribution in [0.1, 0.15) is 81.5 Å². The summed E-state index contributed by atoms with van der Waals surface area (Å²) in [6.45, 7) is 10.6. The van der Waals surface area contributed by atoms with Crippen LogP contribution in [0.15, 0.2) is 36.4 Å². The van der Waals surface area contributed by atoms with E-state index in [9.17, 15) is 0 Å². The van der Waals surface area contributed by atoms with E-state index in [4.69, 9.17) is 18.9 Å². The minimum atomic E-state index is -0.348. The van der Waals surface area contributed by atoms with Crippen LogP contribution >= 0.6 is 0 Å². The van der Waals surface area contributed by atoms with Gasteiger partial charge in [-0.3, -0.25) is 4.90 Å². The van der Waals surface area contributed by atoms with E-state index in [1.54, 1.807) is 7.11 Å². The minimum absolute atomic E-state index is 0.00270. The van der Waals surface area contributed by atoms with Crippen molar-refractivity contribution in [1.82, 2.24) is 4.90 Å². The summed E-state index contributed by atoms with van der Waals surface area (Å²) in [5, 5.41) is 0. The second kappa shape index (κ2) is 8.97. The van der Waals surface area contributed by atoms with Crippen molar-refractivity contribution >= 4 is 0 Å². The maximum atomic E-state index is 7.17. The Morgan fingerprint density at radius 3 is 2.51 bits per heavy atom. The first-order valence-electron chi connectivity index (χ1n) is 16.1. The second-order valence-electron chi connectivity index (χ2n) is 15.2. The number of likely N-dealkylation sites (tertiary alicyclic amines) is 1. The summed E-state index contributed by atoms with van der Waals surface area (Å²) in [5.74, 6) is 3.10. The molecule has 0 amide bonds. The van der Waals surface area contributed by atoms with Crippen LogP contribution in [0.25, 0.3) is 0 Å². The second-order valence-corrected chi connectivity index (χ2v) is 15.2. The molecule has 9 rings (SSSR count). The fraction of sp³-hybridized carbons (Fsp3) is 0.667. The van der Waals surface area contributed by atoms with E-state index < -0.39 is 0 Å². The lowest BCUT2D eigenvalue weighted by molar-refractivity contribution is -0.283. The first-order valence-corrected chi connectivity index (χ1v) is 16.1. The third-order valence-corrected chi connectivity index (χ3v) is 12.4. The molecule has 5 nitrogen and oxygen atoms in total. The molecule has 220 valence electrons. The molecule has 6 atom stereocenters. The summed E-state index contributed by atoms with van der Waals surface area (Å²) < 4.78 is 26.4. The summed E-state index contributed by atoms with van der Waals surface area (Å²) in [5.41, 5.74) is 5.58. The molecule has 4 bridgehead atoms. The number of hydrogen-bond donors (Lipinski definition) is 0. The maximum Gasteiger partial charge on any atom is 0.165 e. The molecule has 2 aliphatic heterocycles. The van der Waals surface area contributed by atoms with Crippen LogP contribution in [-0.4, -0.2) is 56.6 Å². The van der Waals surface area contributed by atoms with Gasteiger partial charge in [-0.15, -0.1) is 0 Å². The topological polar surface area (TPSA) is 40.2 Å². The maximum absolute atomic E-state index is 7.17. The molecule has 5 fully saturated rings. The number of hydrogen-bond acceptors (Lipinski definition) is 5. The summed E-state index contributed by atoms with van der Waals surface area (Å²) in [6, 6.07) is 14.0. The molecule has 1 saturated heterocycles. The third-order valence-electron chi connectivity index (χ3n) is 12.4. The highest BCUT2D eigenvalue weighted by atomic mass is 16.6. The highest BCUT2D eigenvalue weighted by molar-refractivity contribution is 5.63.